The lowest BCUT2D eigenvalue weighted by atomic mass is 10.0. The number of benzene rings is 2. The molecule has 2 aromatic carbocycles. The average Bonchev–Trinajstić information content (AvgIpc) is 2.61. The number of rotatable bonds is 8. The second-order valence-electron chi connectivity index (χ2n) is 5.67. The Hall–Kier alpha value is -2.26. The van der Waals surface area contributed by atoms with Crippen LogP contribution in [0.15, 0.2) is 55.7 Å². The largest absolute Gasteiger partial charge is 0.491 e. The Bertz CT molecular complexity index is 844. The second-order valence-corrected chi connectivity index (χ2v) is 7.38. The van der Waals surface area contributed by atoms with Crippen LogP contribution in [0.4, 0.5) is 5.69 Å². The minimum Gasteiger partial charge on any atom is -0.491 e. The van der Waals surface area contributed by atoms with Gasteiger partial charge in [-0.2, -0.15) is 0 Å². The fourth-order valence-electron chi connectivity index (χ4n) is 2.06. The number of halogens is 2. The molecule has 2 aromatic rings. The summed E-state index contributed by atoms with van der Waals surface area (Å²) in [7, 11) is 3.54. The number of carboxylic acids is 1. The van der Waals surface area contributed by atoms with Crippen molar-refractivity contribution in [1.82, 2.24) is 5.01 Å². The van der Waals surface area contributed by atoms with Gasteiger partial charge in [0.2, 0.25) is 0 Å². The smallest absolute Gasteiger partial charge is 0.306 e. The monoisotopic (exact) mass is 497 g/mol. The van der Waals surface area contributed by atoms with Gasteiger partial charge >= 0.3 is 5.97 Å². The van der Waals surface area contributed by atoms with Crippen LogP contribution in [0.3, 0.4) is 0 Å². The van der Waals surface area contributed by atoms with Crippen molar-refractivity contribution in [2.24, 2.45) is 10.3 Å². The van der Waals surface area contributed by atoms with Crippen LogP contribution in [0.1, 0.15) is 22.3 Å². The number of aliphatic carboxylic acids is 1. The number of ketones is 1. The standard InChI is InChI=1S/C18H17Br2N3O4/c1-23(2)22-21-13-5-3-11(4-6-13)17(26)12-9-14(19)18(15(20)10-12)27-8-7-16(24)25/h3-6,9-10H,7-8H2,1-2H3,(H,24,25). The fourth-order valence-corrected chi connectivity index (χ4v) is 3.47. The van der Waals surface area contributed by atoms with Crippen molar-refractivity contribution in [3.8, 4) is 5.75 Å². The van der Waals surface area contributed by atoms with Gasteiger partial charge in [-0.3, -0.25) is 14.6 Å². The molecule has 7 nitrogen and oxygen atoms in total. The normalized spacial score (nSPS) is 10.8. The lowest BCUT2D eigenvalue weighted by Gasteiger charge is -2.11. The molecule has 2 rings (SSSR count). The molecule has 0 amide bonds. The molecule has 0 unspecified atom stereocenters. The molecule has 0 radical (unpaired) electrons. The summed E-state index contributed by atoms with van der Waals surface area (Å²) in [5, 5.41) is 18.2. The number of ether oxygens (including phenoxy) is 1. The summed E-state index contributed by atoms with van der Waals surface area (Å²) >= 11 is 6.73. The lowest BCUT2D eigenvalue weighted by Crippen LogP contribution is -2.07. The molecule has 0 heterocycles. The number of carbonyl (C=O) groups excluding carboxylic acids is 1. The molecule has 0 aromatic heterocycles. The summed E-state index contributed by atoms with van der Waals surface area (Å²) in [5.41, 5.74) is 1.61. The van der Waals surface area contributed by atoms with E-state index in [9.17, 15) is 9.59 Å². The molecule has 142 valence electrons. The van der Waals surface area contributed by atoms with Crippen LogP contribution in [0.2, 0.25) is 0 Å². The van der Waals surface area contributed by atoms with E-state index >= 15 is 0 Å². The predicted molar refractivity (Wildman–Crippen MR) is 108 cm³/mol. The summed E-state index contributed by atoms with van der Waals surface area (Å²) in [6.45, 7) is 0.0305. The molecule has 0 spiro atoms. The maximum Gasteiger partial charge on any atom is 0.306 e. The number of hydrogen-bond acceptors (Lipinski definition) is 5. The van der Waals surface area contributed by atoms with Gasteiger partial charge in [-0.15, -0.1) is 5.11 Å². The first kappa shape index (κ1) is 21.0. The van der Waals surface area contributed by atoms with Crippen LogP contribution in [-0.4, -0.2) is 42.6 Å². The summed E-state index contributed by atoms with van der Waals surface area (Å²) in [6, 6.07) is 10.1. The SMILES string of the molecule is CN(C)N=Nc1ccc(C(=O)c2cc(Br)c(OCCC(=O)O)c(Br)c2)cc1. The van der Waals surface area contributed by atoms with E-state index in [1.54, 1.807) is 55.5 Å². The van der Waals surface area contributed by atoms with E-state index in [1.807, 2.05) is 0 Å². The molecule has 0 aliphatic rings. The number of hydrogen-bond donors (Lipinski definition) is 1. The Balaban J connectivity index is 2.17. The van der Waals surface area contributed by atoms with Gasteiger partial charge < -0.3 is 9.84 Å². The van der Waals surface area contributed by atoms with Crippen LogP contribution in [0.5, 0.6) is 5.75 Å². The molecule has 9 heteroatoms. The summed E-state index contributed by atoms with van der Waals surface area (Å²) in [5.74, 6) is -0.653. The van der Waals surface area contributed by atoms with Crippen molar-refractivity contribution >= 4 is 49.3 Å². The average molecular weight is 499 g/mol. The van der Waals surface area contributed by atoms with Gasteiger partial charge in [0.25, 0.3) is 0 Å². The molecule has 0 aliphatic carbocycles. The molecule has 0 bridgehead atoms. The Morgan fingerprint density at radius 2 is 1.67 bits per heavy atom. The Morgan fingerprint density at radius 1 is 1.07 bits per heavy atom. The van der Waals surface area contributed by atoms with Gasteiger partial charge in [-0.25, -0.2) is 0 Å². The highest BCUT2D eigenvalue weighted by Gasteiger charge is 2.15. The van der Waals surface area contributed by atoms with E-state index in [0.717, 1.165) is 0 Å². The highest BCUT2D eigenvalue weighted by molar-refractivity contribution is 9.11. The van der Waals surface area contributed by atoms with E-state index < -0.39 is 5.97 Å². The molecule has 0 aliphatic heterocycles. The van der Waals surface area contributed by atoms with Gasteiger partial charge in [-0.1, -0.05) is 5.22 Å². The van der Waals surface area contributed by atoms with Crippen molar-refractivity contribution in [2.45, 2.75) is 6.42 Å². The first-order valence-corrected chi connectivity index (χ1v) is 9.44. The Kier molecular flexibility index (Phi) is 7.49. The van der Waals surface area contributed by atoms with Crippen molar-refractivity contribution in [1.29, 1.82) is 0 Å². The van der Waals surface area contributed by atoms with Crippen LogP contribution in [0, 0.1) is 0 Å². The zero-order valence-electron chi connectivity index (χ0n) is 14.6. The van der Waals surface area contributed by atoms with Crippen LogP contribution in [0.25, 0.3) is 0 Å². The predicted octanol–water partition coefficient (Wildman–Crippen LogP) is 4.86. The minimum absolute atomic E-state index is 0.0305. The van der Waals surface area contributed by atoms with Crippen LogP contribution in [-0.2, 0) is 4.79 Å². The highest BCUT2D eigenvalue weighted by atomic mass is 79.9. The first-order valence-electron chi connectivity index (χ1n) is 7.85. The Labute approximate surface area is 173 Å². The van der Waals surface area contributed by atoms with Crippen molar-refractivity contribution in [3.05, 3.63) is 56.5 Å². The maximum atomic E-state index is 12.7. The zero-order valence-corrected chi connectivity index (χ0v) is 17.8. The fraction of sp³-hybridized carbons (Fsp3) is 0.222. The van der Waals surface area contributed by atoms with Crippen LogP contribution >= 0.6 is 31.9 Å². The van der Waals surface area contributed by atoms with E-state index in [0.29, 0.717) is 31.5 Å². The van der Waals surface area contributed by atoms with Gasteiger partial charge in [-0.05, 0) is 68.3 Å². The van der Waals surface area contributed by atoms with Gasteiger partial charge in [0.15, 0.2) is 5.78 Å². The molecule has 27 heavy (non-hydrogen) atoms. The number of carboxylic acid groups (broad SMARTS) is 1. The lowest BCUT2D eigenvalue weighted by molar-refractivity contribution is -0.137. The summed E-state index contributed by atoms with van der Waals surface area (Å²) < 4.78 is 6.58. The molecule has 0 saturated carbocycles. The third-order valence-corrected chi connectivity index (χ3v) is 4.47. The molecule has 0 fully saturated rings. The maximum absolute atomic E-state index is 12.7. The van der Waals surface area contributed by atoms with Crippen molar-refractivity contribution in [3.63, 3.8) is 0 Å². The molecule has 0 atom stereocenters. The first-order chi connectivity index (χ1) is 12.8. The molecular formula is C18H17Br2N3O4. The molecule has 0 saturated heterocycles. The zero-order chi connectivity index (χ0) is 20.0. The van der Waals surface area contributed by atoms with Crippen molar-refractivity contribution < 1.29 is 19.4 Å². The van der Waals surface area contributed by atoms with E-state index in [4.69, 9.17) is 9.84 Å². The topological polar surface area (TPSA) is 91.6 Å². The Morgan fingerprint density at radius 3 is 2.19 bits per heavy atom. The van der Waals surface area contributed by atoms with E-state index in [-0.39, 0.29) is 18.8 Å². The molecule has 1 N–H and O–H groups in total. The highest BCUT2D eigenvalue weighted by Crippen LogP contribution is 2.35. The minimum atomic E-state index is -0.942. The third kappa shape index (κ3) is 6.14. The summed E-state index contributed by atoms with van der Waals surface area (Å²) in [6.07, 6.45) is -0.114. The van der Waals surface area contributed by atoms with E-state index in [2.05, 4.69) is 42.2 Å². The third-order valence-electron chi connectivity index (χ3n) is 3.29. The van der Waals surface area contributed by atoms with Crippen molar-refractivity contribution in [2.75, 3.05) is 20.7 Å². The van der Waals surface area contributed by atoms with E-state index in [1.165, 1.54) is 0 Å². The molecular weight excluding hydrogens is 482 g/mol. The van der Waals surface area contributed by atoms with Gasteiger partial charge in [0.05, 0.1) is 27.7 Å². The number of nitrogens with zero attached hydrogens (tertiary/aromatic N) is 3. The second kappa shape index (κ2) is 9.61. The number of carbonyl (C=O) groups is 2. The van der Waals surface area contributed by atoms with Gasteiger partial charge in [0, 0.05) is 25.2 Å². The van der Waals surface area contributed by atoms with Gasteiger partial charge in [0.1, 0.15) is 5.75 Å². The summed E-state index contributed by atoms with van der Waals surface area (Å²) in [4.78, 5) is 23.3. The van der Waals surface area contributed by atoms with Crippen LogP contribution < -0.4 is 4.74 Å². The quantitative estimate of drug-likeness (QED) is 0.319.